The number of rotatable bonds is 8. The first kappa shape index (κ1) is 14.3. The zero-order valence-electron chi connectivity index (χ0n) is 11.9. The normalized spacial score (nSPS) is 10.8. The molecule has 0 radical (unpaired) electrons. The van der Waals surface area contributed by atoms with Crippen LogP contribution in [0, 0.1) is 0 Å². The Balaban J connectivity index is 2.77. The van der Waals surface area contributed by atoms with Gasteiger partial charge in [0.2, 0.25) is 0 Å². The molecular weight excluding hydrogens is 204 g/mol. The van der Waals surface area contributed by atoms with Crippen molar-refractivity contribution in [1.82, 2.24) is 0 Å². The fourth-order valence-electron chi connectivity index (χ4n) is 2.49. The van der Waals surface area contributed by atoms with Crippen LogP contribution in [0.15, 0.2) is 18.2 Å². The molecule has 0 N–H and O–H groups in total. The van der Waals surface area contributed by atoms with E-state index >= 15 is 0 Å². The Morgan fingerprint density at radius 1 is 0.765 bits per heavy atom. The largest absolute Gasteiger partial charge is 0.0654 e. The van der Waals surface area contributed by atoms with Crippen LogP contribution in [0.3, 0.4) is 0 Å². The molecule has 1 aromatic rings. The third-order valence-corrected chi connectivity index (χ3v) is 3.58. The van der Waals surface area contributed by atoms with Crippen molar-refractivity contribution in [2.24, 2.45) is 0 Å². The number of hydrogen-bond acceptors (Lipinski definition) is 0. The molecule has 0 heterocycles. The van der Waals surface area contributed by atoms with Crippen LogP contribution < -0.4 is 0 Å². The molecule has 0 saturated heterocycles. The second-order valence-corrected chi connectivity index (χ2v) is 4.97. The molecule has 0 nitrogen and oxygen atoms in total. The van der Waals surface area contributed by atoms with Gasteiger partial charge in [-0.15, -0.1) is 0 Å². The Labute approximate surface area is 107 Å². The molecule has 0 atom stereocenters. The summed E-state index contributed by atoms with van der Waals surface area (Å²) in [6.07, 6.45) is 10.4. The van der Waals surface area contributed by atoms with Crippen LogP contribution in [0.1, 0.15) is 69.6 Å². The van der Waals surface area contributed by atoms with Gasteiger partial charge < -0.3 is 0 Å². The van der Waals surface area contributed by atoms with Crippen molar-refractivity contribution in [2.45, 2.75) is 72.1 Å². The standard InChI is InChI=1S/C17H28/c1-4-7-9-11-16-13-10-12-15(6-3)17(16)14-8-5-2/h10,12-13H,4-9,11,14H2,1-3H3. The molecule has 1 aromatic carbocycles. The van der Waals surface area contributed by atoms with Crippen molar-refractivity contribution in [3.05, 3.63) is 34.9 Å². The second-order valence-electron chi connectivity index (χ2n) is 4.97. The predicted octanol–water partition coefficient (Wildman–Crippen LogP) is 5.32. The van der Waals surface area contributed by atoms with E-state index in [1.54, 1.807) is 16.7 Å². The van der Waals surface area contributed by atoms with E-state index in [9.17, 15) is 0 Å². The quantitative estimate of drug-likeness (QED) is 0.532. The summed E-state index contributed by atoms with van der Waals surface area (Å²) in [4.78, 5) is 0. The third kappa shape index (κ3) is 4.53. The van der Waals surface area contributed by atoms with Gasteiger partial charge in [-0.25, -0.2) is 0 Å². The zero-order valence-corrected chi connectivity index (χ0v) is 11.9. The van der Waals surface area contributed by atoms with E-state index in [-0.39, 0.29) is 0 Å². The highest BCUT2D eigenvalue weighted by Crippen LogP contribution is 2.20. The average Bonchev–Trinajstić information content (AvgIpc) is 2.37. The van der Waals surface area contributed by atoms with Gasteiger partial charge in [0.1, 0.15) is 0 Å². The lowest BCUT2D eigenvalue weighted by Crippen LogP contribution is -2.00. The Bertz CT molecular complexity index is 312. The van der Waals surface area contributed by atoms with Gasteiger partial charge in [-0.2, -0.15) is 0 Å². The van der Waals surface area contributed by atoms with E-state index in [4.69, 9.17) is 0 Å². The Kier molecular flexibility index (Phi) is 7.00. The van der Waals surface area contributed by atoms with Crippen molar-refractivity contribution in [1.29, 1.82) is 0 Å². The van der Waals surface area contributed by atoms with Crippen molar-refractivity contribution in [3.8, 4) is 0 Å². The lowest BCUT2D eigenvalue weighted by Gasteiger charge is -2.13. The van der Waals surface area contributed by atoms with E-state index in [1.165, 1.54) is 51.4 Å². The van der Waals surface area contributed by atoms with E-state index in [2.05, 4.69) is 39.0 Å². The maximum absolute atomic E-state index is 2.35. The van der Waals surface area contributed by atoms with Gasteiger partial charge in [0.15, 0.2) is 0 Å². The van der Waals surface area contributed by atoms with E-state index in [1.807, 2.05) is 0 Å². The van der Waals surface area contributed by atoms with Crippen LogP contribution >= 0.6 is 0 Å². The van der Waals surface area contributed by atoms with E-state index in [0.29, 0.717) is 0 Å². The van der Waals surface area contributed by atoms with Gasteiger partial charge in [0, 0.05) is 0 Å². The molecule has 0 aliphatic rings. The molecule has 0 spiro atoms. The van der Waals surface area contributed by atoms with Gasteiger partial charge in [-0.3, -0.25) is 0 Å². The first-order chi connectivity index (χ1) is 8.33. The number of aryl methyl sites for hydroxylation is 2. The molecule has 0 aliphatic heterocycles. The van der Waals surface area contributed by atoms with Crippen LogP contribution in [-0.4, -0.2) is 0 Å². The second kappa shape index (κ2) is 8.33. The van der Waals surface area contributed by atoms with Crippen molar-refractivity contribution >= 4 is 0 Å². The Hall–Kier alpha value is -0.780. The fraction of sp³-hybridized carbons (Fsp3) is 0.647. The molecule has 0 aromatic heterocycles. The third-order valence-electron chi connectivity index (χ3n) is 3.58. The molecule has 0 unspecified atom stereocenters. The monoisotopic (exact) mass is 232 g/mol. The molecule has 0 aliphatic carbocycles. The fourth-order valence-corrected chi connectivity index (χ4v) is 2.49. The number of hydrogen-bond donors (Lipinski definition) is 0. The van der Waals surface area contributed by atoms with Crippen LogP contribution in [0.25, 0.3) is 0 Å². The minimum Gasteiger partial charge on any atom is -0.0654 e. The summed E-state index contributed by atoms with van der Waals surface area (Å²) in [7, 11) is 0. The minimum atomic E-state index is 1.18. The Morgan fingerprint density at radius 3 is 2.12 bits per heavy atom. The summed E-state index contributed by atoms with van der Waals surface area (Å²) < 4.78 is 0. The van der Waals surface area contributed by atoms with Crippen molar-refractivity contribution < 1.29 is 0 Å². The van der Waals surface area contributed by atoms with Gasteiger partial charge >= 0.3 is 0 Å². The summed E-state index contributed by atoms with van der Waals surface area (Å²) >= 11 is 0. The van der Waals surface area contributed by atoms with Crippen LogP contribution in [-0.2, 0) is 19.3 Å². The Morgan fingerprint density at radius 2 is 1.47 bits per heavy atom. The molecule has 17 heavy (non-hydrogen) atoms. The lowest BCUT2D eigenvalue weighted by atomic mass is 9.92. The van der Waals surface area contributed by atoms with Gasteiger partial charge in [0.05, 0.1) is 0 Å². The minimum absolute atomic E-state index is 1.18. The maximum Gasteiger partial charge on any atom is -0.0274 e. The molecular formula is C17H28. The zero-order chi connectivity index (χ0) is 12.5. The molecule has 0 bridgehead atoms. The SMILES string of the molecule is CCCCCc1cccc(CC)c1CCCC. The number of unbranched alkanes of at least 4 members (excludes halogenated alkanes) is 3. The topological polar surface area (TPSA) is 0 Å². The summed E-state index contributed by atoms with van der Waals surface area (Å²) in [5.41, 5.74) is 4.85. The number of benzene rings is 1. The highest BCUT2D eigenvalue weighted by molar-refractivity contribution is 5.35. The molecule has 0 amide bonds. The first-order valence-electron chi connectivity index (χ1n) is 7.43. The van der Waals surface area contributed by atoms with Crippen molar-refractivity contribution in [2.75, 3.05) is 0 Å². The molecule has 96 valence electrons. The lowest BCUT2D eigenvalue weighted by molar-refractivity contribution is 0.705. The summed E-state index contributed by atoms with van der Waals surface area (Å²) in [5, 5.41) is 0. The maximum atomic E-state index is 2.35. The average molecular weight is 232 g/mol. The van der Waals surface area contributed by atoms with Gasteiger partial charge in [-0.1, -0.05) is 58.2 Å². The molecule has 0 fully saturated rings. The summed E-state index contributed by atoms with van der Waals surface area (Å²) in [5.74, 6) is 0. The predicted molar refractivity (Wildman–Crippen MR) is 77.7 cm³/mol. The van der Waals surface area contributed by atoms with Gasteiger partial charge in [-0.05, 0) is 48.8 Å². The van der Waals surface area contributed by atoms with Crippen molar-refractivity contribution in [3.63, 3.8) is 0 Å². The first-order valence-corrected chi connectivity index (χ1v) is 7.43. The van der Waals surface area contributed by atoms with Crippen LogP contribution in [0.5, 0.6) is 0 Å². The molecule has 0 heteroatoms. The summed E-state index contributed by atoms with van der Waals surface area (Å²) in [6, 6.07) is 6.91. The highest BCUT2D eigenvalue weighted by Gasteiger charge is 2.06. The molecule has 1 rings (SSSR count). The van der Waals surface area contributed by atoms with Crippen LogP contribution in [0.4, 0.5) is 0 Å². The molecule has 0 saturated carbocycles. The van der Waals surface area contributed by atoms with Gasteiger partial charge in [0.25, 0.3) is 0 Å². The van der Waals surface area contributed by atoms with E-state index < -0.39 is 0 Å². The van der Waals surface area contributed by atoms with E-state index in [0.717, 1.165) is 0 Å². The smallest absolute Gasteiger partial charge is 0.0274 e. The highest BCUT2D eigenvalue weighted by atomic mass is 14.1. The summed E-state index contributed by atoms with van der Waals surface area (Å²) in [6.45, 7) is 6.84. The van der Waals surface area contributed by atoms with Crippen LogP contribution in [0.2, 0.25) is 0 Å².